The Morgan fingerprint density at radius 2 is 1.88 bits per heavy atom. The van der Waals surface area contributed by atoms with E-state index in [0.29, 0.717) is 23.2 Å². The lowest BCUT2D eigenvalue weighted by molar-refractivity contribution is 0.0105. The molecular formula is C34H38N4O3. The lowest BCUT2D eigenvalue weighted by Crippen LogP contribution is -2.56. The van der Waals surface area contributed by atoms with E-state index < -0.39 is 10.9 Å². The molecule has 3 aromatic carbocycles. The van der Waals surface area contributed by atoms with E-state index in [0.717, 1.165) is 59.4 Å². The summed E-state index contributed by atoms with van der Waals surface area (Å²) in [6, 6.07) is 15.8. The SMILES string of the molecule is C=CC1CN2CCC1C[C@H]2[C@H](Nc1c(Nc2ccccc2C(C)(C)C)c(=O)c1=O)c1ccnc2ccc(OC)cc12. The molecule has 41 heavy (non-hydrogen) atoms. The van der Waals surface area contributed by atoms with Crippen molar-refractivity contribution in [3.63, 3.8) is 0 Å². The molecule has 0 radical (unpaired) electrons. The molecule has 212 valence electrons. The molecule has 3 aliphatic rings. The second-order valence-electron chi connectivity index (χ2n) is 12.5. The van der Waals surface area contributed by atoms with Crippen molar-refractivity contribution in [2.24, 2.45) is 11.8 Å². The quantitative estimate of drug-likeness (QED) is 0.208. The number of fused-ring (bicyclic) bond motifs is 4. The number of benzene rings is 2. The van der Waals surface area contributed by atoms with Gasteiger partial charge in [-0.05, 0) is 78.1 Å². The molecule has 2 N–H and O–H groups in total. The van der Waals surface area contributed by atoms with Crippen molar-refractivity contribution in [3.05, 3.63) is 99.0 Å². The van der Waals surface area contributed by atoms with E-state index in [-0.39, 0.29) is 17.5 Å². The highest BCUT2D eigenvalue weighted by atomic mass is 16.5. The van der Waals surface area contributed by atoms with Crippen LogP contribution in [0.15, 0.2) is 77.0 Å². The third kappa shape index (κ3) is 4.82. The number of anilines is 3. The van der Waals surface area contributed by atoms with Crippen LogP contribution < -0.4 is 26.2 Å². The molecule has 3 fully saturated rings. The van der Waals surface area contributed by atoms with Crippen molar-refractivity contribution in [1.82, 2.24) is 9.88 Å². The smallest absolute Gasteiger partial charge is 0.253 e. The Bertz CT molecular complexity index is 1680. The van der Waals surface area contributed by atoms with Gasteiger partial charge in [0, 0.05) is 29.9 Å². The van der Waals surface area contributed by atoms with E-state index in [4.69, 9.17) is 4.74 Å². The molecule has 3 unspecified atom stereocenters. The van der Waals surface area contributed by atoms with Gasteiger partial charge < -0.3 is 15.4 Å². The number of pyridine rings is 1. The average molecular weight is 551 g/mol. The van der Waals surface area contributed by atoms with Gasteiger partial charge in [0.25, 0.3) is 10.9 Å². The second kappa shape index (κ2) is 10.5. The molecule has 7 heteroatoms. The first kappa shape index (κ1) is 27.2. The molecule has 7 rings (SSSR count). The number of nitrogens with zero attached hydrogens (tertiary/aromatic N) is 2. The van der Waals surface area contributed by atoms with Crippen molar-refractivity contribution in [1.29, 1.82) is 0 Å². The Balaban J connectivity index is 1.43. The first-order valence-electron chi connectivity index (χ1n) is 14.4. The maximum atomic E-state index is 13.1. The van der Waals surface area contributed by atoms with Gasteiger partial charge in [-0.1, -0.05) is 45.0 Å². The molecule has 7 nitrogen and oxygen atoms in total. The van der Waals surface area contributed by atoms with Crippen molar-refractivity contribution in [2.45, 2.75) is 51.1 Å². The molecule has 0 saturated carbocycles. The molecule has 0 aliphatic carbocycles. The summed E-state index contributed by atoms with van der Waals surface area (Å²) >= 11 is 0. The third-order valence-electron chi connectivity index (χ3n) is 9.06. The highest BCUT2D eigenvalue weighted by Crippen LogP contribution is 2.44. The van der Waals surface area contributed by atoms with Crippen LogP contribution in [0.5, 0.6) is 5.75 Å². The summed E-state index contributed by atoms with van der Waals surface area (Å²) in [6.07, 6.45) is 6.03. The number of hydrogen-bond donors (Lipinski definition) is 2. The van der Waals surface area contributed by atoms with Gasteiger partial charge in [0.05, 0.1) is 18.7 Å². The summed E-state index contributed by atoms with van der Waals surface area (Å²) in [4.78, 5) is 33.2. The van der Waals surface area contributed by atoms with Crippen molar-refractivity contribution in [3.8, 4) is 5.75 Å². The monoisotopic (exact) mass is 550 g/mol. The number of hydrogen-bond acceptors (Lipinski definition) is 7. The van der Waals surface area contributed by atoms with Gasteiger partial charge in [0.2, 0.25) is 0 Å². The summed E-state index contributed by atoms with van der Waals surface area (Å²) in [5.41, 5.74) is 3.37. The van der Waals surface area contributed by atoms with Gasteiger partial charge >= 0.3 is 0 Å². The Labute approximate surface area is 240 Å². The first-order chi connectivity index (χ1) is 19.7. The van der Waals surface area contributed by atoms with E-state index in [2.05, 4.69) is 60.0 Å². The zero-order valence-electron chi connectivity index (χ0n) is 24.2. The summed E-state index contributed by atoms with van der Waals surface area (Å²) < 4.78 is 5.56. The summed E-state index contributed by atoms with van der Waals surface area (Å²) in [5, 5.41) is 7.91. The fraction of sp³-hybridized carbons (Fsp3) is 0.382. The minimum absolute atomic E-state index is 0.137. The van der Waals surface area contributed by atoms with E-state index in [1.54, 1.807) is 7.11 Å². The highest BCUT2D eigenvalue weighted by Gasteiger charge is 2.43. The number of methoxy groups -OCH3 is 1. The van der Waals surface area contributed by atoms with Crippen molar-refractivity contribution >= 4 is 28.0 Å². The molecule has 5 atom stereocenters. The molecule has 4 heterocycles. The molecule has 1 aromatic heterocycles. The van der Waals surface area contributed by atoms with Crippen LogP contribution in [0.4, 0.5) is 17.1 Å². The Kier molecular flexibility index (Phi) is 6.94. The van der Waals surface area contributed by atoms with Crippen LogP contribution in [-0.4, -0.2) is 36.1 Å². The highest BCUT2D eigenvalue weighted by molar-refractivity contribution is 5.86. The fourth-order valence-electron chi connectivity index (χ4n) is 6.83. The van der Waals surface area contributed by atoms with Crippen LogP contribution in [0.1, 0.15) is 50.8 Å². The van der Waals surface area contributed by atoms with Crippen LogP contribution >= 0.6 is 0 Å². The van der Waals surface area contributed by atoms with E-state index in [9.17, 15) is 9.59 Å². The maximum Gasteiger partial charge on any atom is 0.253 e. The van der Waals surface area contributed by atoms with Gasteiger partial charge in [-0.25, -0.2) is 0 Å². The van der Waals surface area contributed by atoms with E-state index in [1.807, 2.05) is 48.7 Å². The first-order valence-corrected chi connectivity index (χ1v) is 14.4. The van der Waals surface area contributed by atoms with Crippen LogP contribution in [0.2, 0.25) is 0 Å². The zero-order chi connectivity index (χ0) is 28.9. The number of aromatic nitrogens is 1. The average Bonchev–Trinajstić information content (AvgIpc) is 3.00. The van der Waals surface area contributed by atoms with Crippen LogP contribution in [-0.2, 0) is 5.41 Å². The van der Waals surface area contributed by atoms with E-state index in [1.165, 1.54) is 0 Å². The normalized spacial score (nSPS) is 22.9. The van der Waals surface area contributed by atoms with Crippen molar-refractivity contribution in [2.75, 3.05) is 30.8 Å². The predicted molar refractivity (Wildman–Crippen MR) is 166 cm³/mol. The predicted octanol–water partition coefficient (Wildman–Crippen LogP) is 5.93. The summed E-state index contributed by atoms with van der Waals surface area (Å²) in [5.74, 6) is 1.75. The van der Waals surface area contributed by atoms with Crippen molar-refractivity contribution < 1.29 is 4.74 Å². The largest absolute Gasteiger partial charge is 0.497 e. The number of piperidine rings is 3. The molecule has 3 aliphatic heterocycles. The Morgan fingerprint density at radius 3 is 2.59 bits per heavy atom. The maximum absolute atomic E-state index is 13.1. The molecule has 3 saturated heterocycles. The number of para-hydroxylation sites is 1. The van der Waals surface area contributed by atoms with Gasteiger partial charge in [-0.2, -0.15) is 0 Å². The molecule has 4 aromatic rings. The second-order valence-corrected chi connectivity index (χ2v) is 12.5. The molecule has 0 amide bonds. The van der Waals surface area contributed by atoms with Crippen LogP contribution in [0.25, 0.3) is 10.9 Å². The van der Waals surface area contributed by atoms with Gasteiger partial charge in [0.1, 0.15) is 17.1 Å². The number of rotatable bonds is 8. The summed E-state index contributed by atoms with van der Waals surface area (Å²) in [7, 11) is 1.66. The van der Waals surface area contributed by atoms with Crippen LogP contribution in [0.3, 0.4) is 0 Å². The number of ether oxygens (including phenoxy) is 1. The fourth-order valence-corrected chi connectivity index (χ4v) is 6.83. The minimum atomic E-state index is -0.492. The number of nitrogens with one attached hydrogen (secondary N) is 2. The topological polar surface area (TPSA) is 83.6 Å². The summed E-state index contributed by atoms with van der Waals surface area (Å²) in [6.45, 7) is 12.4. The van der Waals surface area contributed by atoms with Gasteiger partial charge in [-0.3, -0.25) is 19.5 Å². The van der Waals surface area contributed by atoms with E-state index >= 15 is 0 Å². The zero-order valence-corrected chi connectivity index (χ0v) is 24.2. The Morgan fingerprint density at radius 1 is 1.10 bits per heavy atom. The molecule has 0 spiro atoms. The van der Waals surface area contributed by atoms with Gasteiger partial charge in [0.15, 0.2) is 0 Å². The van der Waals surface area contributed by atoms with Crippen LogP contribution in [0, 0.1) is 11.8 Å². The minimum Gasteiger partial charge on any atom is -0.497 e. The lowest BCUT2D eigenvalue weighted by Gasteiger charge is -2.52. The lowest BCUT2D eigenvalue weighted by atomic mass is 9.73. The van der Waals surface area contributed by atoms with Gasteiger partial charge in [-0.15, -0.1) is 6.58 Å². The Hall–Kier alpha value is -3.97. The molecular weight excluding hydrogens is 512 g/mol. The standard InChI is InChI=1S/C34H38N4O3/c1-6-20-19-38-16-14-21(20)17-28(38)29(23-13-15-35-26-12-11-22(41-5)18-24(23)26)37-31-30(32(39)33(31)40)36-27-10-8-7-9-25(27)34(2,3)4/h6-13,15,18,20-21,28-29,36-37H,1,14,16-17,19H2,2-5H3/t20?,21?,28-,29+/m0/s1. The molecule has 2 bridgehead atoms. The third-order valence-corrected chi connectivity index (χ3v) is 9.06.